The van der Waals surface area contributed by atoms with Crippen molar-refractivity contribution in [3.05, 3.63) is 41.0 Å². The molecule has 4 heteroatoms. The quantitative estimate of drug-likeness (QED) is 0.796. The molecular formula is C9H8ClFNO. The highest BCUT2D eigenvalue weighted by Crippen LogP contribution is 2.19. The molecule has 1 radical (unpaired) electrons. The highest BCUT2D eigenvalue weighted by Gasteiger charge is 2.03. The number of amides is 1. The van der Waals surface area contributed by atoms with Gasteiger partial charge in [0.05, 0.1) is 0 Å². The second-order valence-corrected chi connectivity index (χ2v) is 2.95. The predicted octanol–water partition coefficient (Wildman–Crippen LogP) is 1.91. The molecule has 0 bridgehead atoms. The summed E-state index contributed by atoms with van der Waals surface area (Å²) in [6.07, 6.45) is 1.55. The van der Waals surface area contributed by atoms with Crippen LogP contribution < -0.4 is 5.73 Å². The van der Waals surface area contributed by atoms with Crippen LogP contribution in [0.3, 0.4) is 0 Å². The number of carbonyl (C=O) groups is 1. The van der Waals surface area contributed by atoms with Crippen LogP contribution in [0.2, 0.25) is 5.02 Å². The average molecular weight is 201 g/mol. The molecule has 0 aromatic heterocycles. The molecule has 0 unspecified atom stereocenters. The Hall–Kier alpha value is -1.09. The molecule has 0 aliphatic heterocycles. The van der Waals surface area contributed by atoms with Gasteiger partial charge in [-0.3, -0.25) is 4.79 Å². The van der Waals surface area contributed by atoms with E-state index in [0.717, 1.165) is 0 Å². The van der Waals surface area contributed by atoms with Crippen LogP contribution in [0.15, 0.2) is 18.2 Å². The first-order valence-electron chi connectivity index (χ1n) is 3.66. The number of nitrogens with two attached hydrogens (primary N) is 1. The fraction of sp³-hybridized carbons (Fsp3) is 0.111. The highest BCUT2D eigenvalue weighted by atomic mass is 35.5. The molecule has 0 spiro atoms. The lowest BCUT2D eigenvalue weighted by atomic mass is 10.1. The van der Waals surface area contributed by atoms with Crippen molar-refractivity contribution in [3.63, 3.8) is 0 Å². The molecule has 0 saturated carbocycles. The van der Waals surface area contributed by atoms with Crippen LogP contribution in [0.1, 0.15) is 12.0 Å². The summed E-state index contributed by atoms with van der Waals surface area (Å²) >= 11 is 5.73. The summed E-state index contributed by atoms with van der Waals surface area (Å²) in [5.74, 6) is -0.861. The van der Waals surface area contributed by atoms with Gasteiger partial charge in [0.2, 0.25) is 5.91 Å². The van der Waals surface area contributed by atoms with Gasteiger partial charge in [-0.2, -0.15) is 0 Å². The zero-order chi connectivity index (χ0) is 9.84. The minimum Gasteiger partial charge on any atom is -0.370 e. The predicted molar refractivity (Wildman–Crippen MR) is 48.6 cm³/mol. The van der Waals surface area contributed by atoms with Gasteiger partial charge >= 0.3 is 0 Å². The van der Waals surface area contributed by atoms with E-state index in [4.69, 9.17) is 17.3 Å². The Kier molecular flexibility index (Phi) is 3.25. The Morgan fingerprint density at radius 3 is 2.92 bits per heavy atom. The second kappa shape index (κ2) is 4.23. The summed E-state index contributed by atoms with van der Waals surface area (Å²) in [5, 5.41) is 0.405. The van der Waals surface area contributed by atoms with Crippen LogP contribution in [0.5, 0.6) is 0 Å². The topological polar surface area (TPSA) is 43.1 Å². The van der Waals surface area contributed by atoms with Gasteiger partial charge in [-0.25, -0.2) is 4.39 Å². The van der Waals surface area contributed by atoms with Crippen molar-refractivity contribution >= 4 is 17.5 Å². The summed E-state index contributed by atoms with van der Waals surface area (Å²) in [4.78, 5) is 10.4. The molecule has 13 heavy (non-hydrogen) atoms. The maximum Gasteiger partial charge on any atom is 0.218 e. The normalized spacial score (nSPS) is 10.0. The van der Waals surface area contributed by atoms with Crippen molar-refractivity contribution in [1.82, 2.24) is 0 Å². The number of hydrogen-bond donors (Lipinski definition) is 1. The van der Waals surface area contributed by atoms with Gasteiger partial charge in [-0.1, -0.05) is 11.6 Å². The molecule has 0 atom stereocenters. The Morgan fingerprint density at radius 2 is 2.31 bits per heavy atom. The van der Waals surface area contributed by atoms with Gasteiger partial charge in [-0.05, 0) is 23.8 Å². The van der Waals surface area contributed by atoms with Gasteiger partial charge in [0.15, 0.2) is 0 Å². The van der Waals surface area contributed by atoms with Crippen molar-refractivity contribution < 1.29 is 9.18 Å². The highest BCUT2D eigenvalue weighted by molar-refractivity contribution is 6.31. The summed E-state index contributed by atoms with van der Waals surface area (Å²) in [7, 11) is 0. The second-order valence-electron chi connectivity index (χ2n) is 2.54. The summed E-state index contributed by atoms with van der Waals surface area (Å²) in [6, 6.07) is 3.94. The third-order valence-corrected chi connectivity index (χ3v) is 1.83. The lowest BCUT2D eigenvalue weighted by Crippen LogP contribution is -2.10. The molecule has 1 aromatic carbocycles. The third-order valence-electron chi connectivity index (χ3n) is 1.48. The lowest BCUT2D eigenvalue weighted by Gasteiger charge is -2.01. The van der Waals surface area contributed by atoms with Crippen molar-refractivity contribution in [2.45, 2.75) is 6.42 Å². The van der Waals surface area contributed by atoms with E-state index in [0.29, 0.717) is 10.6 Å². The summed E-state index contributed by atoms with van der Waals surface area (Å²) in [6.45, 7) is 0. The fourth-order valence-electron chi connectivity index (χ4n) is 0.882. The largest absolute Gasteiger partial charge is 0.370 e. The molecule has 0 saturated heterocycles. The van der Waals surface area contributed by atoms with E-state index in [9.17, 15) is 9.18 Å². The molecule has 1 amide bonds. The smallest absolute Gasteiger partial charge is 0.218 e. The number of hydrogen-bond acceptors (Lipinski definition) is 1. The van der Waals surface area contributed by atoms with E-state index < -0.39 is 5.91 Å². The zero-order valence-corrected chi connectivity index (χ0v) is 7.51. The monoisotopic (exact) mass is 200 g/mol. The first-order chi connectivity index (χ1) is 6.09. The van der Waals surface area contributed by atoms with Crippen molar-refractivity contribution in [2.24, 2.45) is 5.73 Å². The minimum atomic E-state index is -0.472. The SMILES string of the molecule is NC(=O)C[CH]c1cc(F)ccc1Cl. The van der Waals surface area contributed by atoms with Crippen molar-refractivity contribution in [2.75, 3.05) is 0 Å². The number of rotatable bonds is 3. The van der Waals surface area contributed by atoms with E-state index in [1.165, 1.54) is 24.6 Å². The lowest BCUT2D eigenvalue weighted by molar-refractivity contribution is -0.117. The molecular weight excluding hydrogens is 193 g/mol. The molecule has 0 aliphatic carbocycles. The third kappa shape index (κ3) is 3.03. The number of halogens is 2. The Morgan fingerprint density at radius 1 is 1.62 bits per heavy atom. The van der Waals surface area contributed by atoms with Crippen LogP contribution in [0.4, 0.5) is 4.39 Å². The average Bonchev–Trinajstić information content (AvgIpc) is 2.06. The van der Waals surface area contributed by atoms with Crippen molar-refractivity contribution in [1.29, 1.82) is 0 Å². The van der Waals surface area contributed by atoms with E-state index in [1.807, 2.05) is 0 Å². The number of benzene rings is 1. The zero-order valence-electron chi connectivity index (χ0n) is 6.76. The first kappa shape index (κ1) is 9.99. The van der Waals surface area contributed by atoms with Crippen LogP contribution in [0.25, 0.3) is 0 Å². The van der Waals surface area contributed by atoms with E-state index in [1.54, 1.807) is 0 Å². The molecule has 2 N–H and O–H groups in total. The van der Waals surface area contributed by atoms with Crippen LogP contribution in [-0.4, -0.2) is 5.91 Å². The Bertz CT molecular complexity index is 327. The standard InChI is InChI=1S/C9H8ClFNO/c10-8-3-2-7(11)5-6(8)1-4-9(12)13/h1-3,5H,4H2,(H2,12,13). The summed E-state index contributed by atoms with van der Waals surface area (Å²) in [5.41, 5.74) is 5.41. The molecule has 2 nitrogen and oxygen atoms in total. The van der Waals surface area contributed by atoms with E-state index in [2.05, 4.69) is 0 Å². The fourth-order valence-corrected chi connectivity index (χ4v) is 1.08. The maximum atomic E-state index is 12.7. The Labute approximate surface area is 80.5 Å². The van der Waals surface area contributed by atoms with Crippen LogP contribution >= 0.6 is 11.6 Å². The minimum absolute atomic E-state index is 0.0587. The van der Waals surface area contributed by atoms with Gasteiger partial charge in [0, 0.05) is 17.9 Å². The van der Waals surface area contributed by atoms with E-state index in [-0.39, 0.29) is 12.2 Å². The van der Waals surface area contributed by atoms with Gasteiger partial charge in [0.25, 0.3) is 0 Å². The molecule has 1 rings (SSSR count). The molecule has 1 aromatic rings. The van der Waals surface area contributed by atoms with E-state index >= 15 is 0 Å². The number of carbonyl (C=O) groups excluding carboxylic acids is 1. The van der Waals surface area contributed by atoms with Gasteiger partial charge in [-0.15, -0.1) is 0 Å². The Balaban J connectivity index is 2.75. The number of primary amides is 1. The summed E-state index contributed by atoms with van der Waals surface area (Å²) < 4.78 is 12.7. The van der Waals surface area contributed by atoms with Gasteiger partial charge in [0.1, 0.15) is 5.82 Å². The molecule has 69 valence electrons. The van der Waals surface area contributed by atoms with Crippen molar-refractivity contribution in [3.8, 4) is 0 Å². The molecule has 0 fully saturated rings. The first-order valence-corrected chi connectivity index (χ1v) is 4.04. The van der Waals surface area contributed by atoms with Gasteiger partial charge < -0.3 is 5.73 Å². The van der Waals surface area contributed by atoms with Crippen LogP contribution in [0, 0.1) is 12.2 Å². The maximum absolute atomic E-state index is 12.7. The molecule has 0 heterocycles. The van der Waals surface area contributed by atoms with Crippen LogP contribution in [-0.2, 0) is 4.79 Å². The molecule has 0 aliphatic rings.